The number of rotatable bonds is 8. The van der Waals surface area contributed by atoms with Gasteiger partial charge in [0.25, 0.3) is 0 Å². The summed E-state index contributed by atoms with van der Waals surface area (Å²) in [7, 11) is -0.763. The van der Waals surface area contributed by atoms with Crippen LogP contribution in [-0.2, 0) is 4.65 Å². The van der Waals surface area contributed by atoms with E-state index in [0.717, 1.165) is 53.5 Å². The monoisotopic (exact) mass is 388 g/mol. The van der Waals surface area contributed by atoms with Crippen LogP contribution in [0.15, 0.2) is 78.4 Å². The normalized spacial score (nSPS) is 17.2. The van der Waals surface area contributed by atoms with Crippen molar-refractivity contribution in [3.63, 3.8) is 0 Å². The van der Waals surface area contributed by atoms with E-state index in [4.69, 9.17) is 4.65 Å². The van der Waals surface area contributed by atoms with E-state index in [1.54, 1.807) is 6.07 Å². The molecule has 0 saturated heterocycles. The Kier molecular flexibility index (Phi) is 7.51. The summed E-state index contributed by atoms with van der Waals surface area (Å²) in [5, 5.41) is 20.2. The van der Waals surface area contributed by atoms with Gasteiger partial charge in [-0.2, -0.15) is 0 Å². The fourth-order valence-corrected chi connectivity index (χ4v) is 3.76. The Morgan fingerprint density at radius 3 is 2.59 bits per heavy atom. The summed E-state index contributed by atoms with van der Waals surface area (Å²) in [5.41, 5.74) is 5.24. The minimum absolute atomic E-state index is 0.172. The number of hydrogen-bond donors (Lipinski definition) is 2. The summed E-state index contributed by atoms with van der Waals surface area (Å²) in [6.45, 7) is 6.37. The molecule has 0 saturated carbocycles. The minimum atomic E-state index is -0.763. The first-order valence-corrected chi connectivity index (χ1v) is 10.3. The topological polar surface area (TPSA) is 49.7 Å². The molecule has 1 aliphatic rings. The molecular formula is C25H29BO3. The largest absolute Gasteiger partial charge is 0.507 e. The lowest BCUT2D eigenvalue weighted by atomic mass is 9.77. The minimum Gasteiger partial charge on any atom is -0.507 e. The molecule has 2 aromatic rings. The maximum absolute atomic E-state index is 10.2. The van der Waals surface area contributed by atoms with Gasteiger partial charge < -0.3 is 14.8 Å². The molecule has 4 heteroatoms. The molecule has 3 rings (SSSR count). The Labute approximate surface area is 174 Å². The molecular weight excluding hydrogens is 359 g/mol. The van der Waals surface area contributed by atoms with Gasteiger partial charge in [0.1, 0.15) is 5.75 Å². The van der Waals surface area contributed by atoms with Gasteiger partial charge in [-0.25, -0.2) is 0 Å². The fraction of sp³-hybridized carbons (Fsp3) is 0.280. The molecule has 1 aliphatic heterocycles. The van der Waals surface area contributed by atoms with Crippen LogP contribution in [0.25, 0.3) is 11.6 Å². The summed E-state index contributed by atoms with van der Waals surface area (Å²) in [4.78, 5) is 0. The van der Waals surface area contributed by atoms with Crippen LogP contribution < -0.4 is 0 Å². The third-order valence-corrected chi connectivity index (χ3v) is 5.25. The van der Waals surface area contributed by atoms with E-state index in [-0.39, 0.29) is 11.9 Å². The van der Waals surface area contributed by atoms with Crippen molar-refractivity contribution in [2.45, 2.75) is 45.0 Å². The van der Waals surface area contributed by atoms with Crippen molar-refractivity contribution in [2.75, 3.05) is 0 Å². The molecule has 150 valence electrons. The van der Waals surface area contributed by atoms with E-state index < -0.39 is 7.12 Å². The standard InChI is InChI=1S/C25H29BO3/c1-3-9-19(2)23-16-17-26(28)29-25(23)15-14-21(20-10-5-4-6-11-20)18-22-12-7-8-13-24(22)27/h4-8,10-13,16,18,25,27-28H,2-3,9,14-15,17H2,1H3/b21-18-. The van der Waals surface area contributed by atoms with E-state index in [9.17, 15) is 10.1 Å². The highest BCUT2D eigenvalue weighted by Crippen LogP contribution is 2.32. The van der Waals surface area contributed by atoms with Gasteiger partial charge in [0.15, 0.2) is 0 Å². The summed E-state index contributed by atoms with van der Waals surface area (Å²) in [5.74, 6) is 0.266. The number of hydrogen-bond acceptors (Lipinski definition) is 3. The molecule has 0 amide bonds. The molecule has 1 atom stereocenters. The van der Waals surface area contributed by atoms with Crippen LogP contribution in [0.1, 0.15) is 43.7 Å². The maximum atomic E-state index is 10.2. The molecule has 1 unspecified atom stereocenters. The molecule has 2 N–H and O–H groups in total. The number of allylic oxidation sites excluding steroid dienone is 2. The Hall–Kier alpha value is -2.56. The first-order valence-electron chi connectivity index (χ1n) is 10.3. The second-order valence-electron chi connectivity index (χ2n) is 7.46. The van der Waals surface area contributed by atoms with Gasteiger partial charge in [0.05, 0.1) is 6.10 Å². The third kappa shape index (κ3) is 5.72. The smallest absolute Gasteiger partial charge is 0.458 e. The summed E-state index contributed by atoms with van der Waals surface area (Å²) < 4.78 is 5.88. The average Bonchev–Trinajstić information content (AvgIpc) is 2.73. The predicted octanol–water partition coefficient (Wildman–Crippen LogP) is 5.88. The molecule has 0 fully saturated rings. The highest BCUT2D eigenvalue weighted by Gasteiger charge is 2.28. The van der Waals surface area contributed by atoms with Gasteiger partial charge >= 0.3 is 7.12 Å². The number of phenolic OH excluding ortho intramolecular Hbond substituents is 1. The second-order valence-corrected chi connectivity index (χ2v) is 7.46. The summed E-state index contributed by atoms with van der Waals surface area (Å²) in [6, 6.07) is 17.5. The van der Waals surface area contributed by atoms with Crippen molar-refractivity contribution in [3.8, 4) is 5.75 Å². The first kappa shape index (κ1) is 21.2. The predicted molar refractivity (Wildman–Crippen MR) is 121 cm³/mol. The third-order valence-electron chi connectivity index (χ3n) is 5.25. The van der Waals surface area contributed by atoms with Crippen LogP contribution in [0, 0.1) is 0 Å². The van der Waals surface area contributed by atoms with E-state index in [1.165, 1.54) is 0 Å². The van der Waals surface area contributed by atoms with Crippen molar-refractivity contribution < 1.29 is 14.8 Å². The van der Waals surface area contributed by atoms with E-state index in [1.807, 2.05) is 42.5 Å². The lowest BCUT2D eigenvalue weighted by Crippen LogP contribution is -2.31. The van der Waals surface area contributed by atoms with Crippen molar-refractivity contribution in [2.24, 2.45) is 0 Å². The van der Waals surface area contributed by atoms with Crippen molar-refractivity contribution >= 4 is 18.8 Å². The van der Waals surface area contributed by atoms with E-state index >= 15 is 0 Å². The number of phenols is 1. The average molecular weight is 388 g/mol. The Morgan fingerprint density at radius 1 is 1.14 bits per heavy atom. The van der Waals surface area contributed by atoms with E-state index in [0.29, 0.717) is 6.32 Å². The van der Waals surface area contributed by atoms with E-state index in [2.05, 4.69) is 31.7 Å². The lowest BCUT2D eigenvalue weighted by Gasteiger charge is -2.28. The molecule has 1 heterocycles. The van der Waals surface area contributed by atoms with Crippen LogP contribution in [0.3, 0.4) is 0 Å². The Morgan fingerprint density at radius 2 is 1.86 bits per heavy atom. The van der Waals surface area contributed by atoms with Crippen LogP contribution in [0.4, 0.5) is 0 Å². The van der Waals surface area contributed by atoms with Gasteiger partial charge in [-0.15, -0.1) is 0 Å². The molecule has 0 bridgehead atoms. The fourth-order valence-electron chi connectivity index (χ4n) is 3.76. The zero-order valence-electron chi connectivity index (χ0n) is 17.1. The Bertz CT molecular complexity index is 886. The van der Waals surface area contributed by atoms with Crippen LogP contribution in [0.2, 0.25) is 6.32 Å². The molecule has 0 aromatic heterocycles. The lowest BCUT2D eigenvalue weighted by molar-refractivity contribution is 0.184. The molecule has 3 nitrogen and oxygen atoms in total. The highest BCUT2D eigenvalue weighted by molar-refractivity contribution is 6.43. The quantitative estimate of drug-likeness (QED) is 0.439. The molecule has 0 radical (unpaired) electrons. The van der Waals surface area contributed by atoms with Gasteiger partial charge in [0, 0.05) is 11.9 Å². The van der Waals surface area contributed by atoms with Gasteiger partial charge in [0.2, 0.25) is 0 Å². The molecule has 0 spiro atoms. The van der Waals surface area contributed by atoms with Crippen molar-refractivity contribution in [1.82, 2.24) is 0 Å². The zero-order valence-corrected chi connectivity index (χ0v) is 17.1. The van der Waals surface area contributed by atoms with Gasteiger partial charge in [-0.1, -0.05) is 74.5 Å². The first-order chi connectivity index (χ1) is 14.1. The van der Waals surface area contributed by atoms with Crippen LogP contribution >= 0.6 is 0 Å². The second kappa shape index (κ2) is 10.3. The zero-order chi connectivity index (χ0) is 20.6. The number of para-hydroxylation sites is 1. The van der Waals surface area contributed by atoms with Gasteiger partial charge in [-0.05, 0) is 53.7 Å². The van der Waals surface area contributed by atoms with Gasteiger partial charge in [-0.3, -0.25) is 0 Å². The highest BCUT2D eigenvalue weighted by atomic mass is 16.5. The molecule has 2 aromatic carbocycles. The van der Waals surface area contributed by atoms with Crippen molar-refractivity contribution in [1.29, 1.82) is 0 Å². The summed E-state index contributed by atoms with van der Waals surface area (Å²) >= 11 is 0. The summed E-state index contributed by atoms with van der Waals surface area (Å²) in [6.07, 6.45) is 7.91. The number of benzene rings is 2. The molecule has 29 heavy (non-hydrogen) atoms. The van der Waals surface area contributed by atoms with Crippen molar-refractivity contribution in [3.05, 3.63) is 89.5 Å². The SMILES string of the molecule is C=C(CCC)C1=CCB(O)OC1CC/C(=C/c1ccccc1O)c1ccccc1. The van der Waals surface area contributed by atoms with Crippen LogP contribution in [-0.4, -0.2) is 23.4 Å². The van der Waals surface area contributed by atoms with Crippen LogP contribution in [0.5, 0.6) is 5.75 Å². The molecule has 0 aliphatic carbocycles. The maximum Gasteiger partial charge on any atom is 0.458 e. The number of aromatic hydroxyl groups is 1. The Balaban J connectivity index is 1.84.